The van der Waals surface area contributed by atoms with Crippen molar-refractivity contribution >= 4 is 33.2 Å². The molecule has 1 aromatic rings. The molecule has 1 aromatic heterocycles. The molecule has 1 N–H and O–H groups in total. The lowest BCUT2D eigenvalue weighted by Gasteiger charge is -2.08. The summed E-state index contributed by atoms with van der Waals surface area (Å²) in [6.45, 7) is 0.779. The molecule has 0 atom stereocenters. The van der Waals surface area contributed by atoms with Crippen LogP contribution in [0.2, 0.25) is 0 Å². The Bertz CT molecular complexity index is 388. The normalized spacial score (nSPS) is 16.1. The molecule has 1 saturated carbocycles. The summed E-state index contributed by atoms with van der Waals surface area (Å²) in [6.07, 6.45) is 10.9. The predicted octanol–water partition coefficient (Wildman–Crippen LogP) is 4.00. The van der Waals surface area contributed by atoms with Gasteiger partial charge in [-0.25, -0.2) is 4.98 Å². The number of halogens is 1. The maximum atomic E-state index is 11.7. The smallest absolute Gasteiger partial charge is 0.263 e. The van der Waals surface area contributed by atoms with Crippen molar-refractivity contribution in [1.82, 2.24) is 10.3 Å². The van der Waals surface area contributed by atoms with Gasteiger partial charge in [-0.1, -0.05) is 38.5 Å². The van der Waals surface area contributed by atoms with Gasteiger partial charge in [-0.15, -0.1) is 11.3 Å². The third-order valence-corrected chi connectivity index (χ3v) is 4.98. The third kappa shape index (κ3) is 4.35. The van der Waals surface area contributed by atoms with Crippen molar-refractivity contribution in [2.45, 2.75) is 44.9 Å². The fourth-order valence-corrected chi connectivity index (χ4v) is 3.69. The van der Waals surface area contributed by atoms with E-state index in [2.05, 4.69) is 26.2 Å². The molecule has 2 rings (SSSR count). The van der Waals surface area contributed by atoms with E-state index in [0.29, 0.717) is 4.88 Å². The number of aromatic nitrogens is 1. The van der Waals surface area contributed by atoms with Gasteiger partial charge in [0.1, 0.15) is 4.88 Å². The first kappa shape index (κ1) is 14.0. The molecule has 1 aliphatic rings. The molecule has 18 heavy (non-hydrogen) atoms. The Labute approximate surface area is 121 Å². The molecule has 0 radical (unpaired) electrons. The van der Waals surface area contributed by atoms with Gasteiger partial charge < -0.3 is 5.32 Å². The third-order valence-electron chi connectivity index (χ3n) is 3.50. The number of thiazole rings is 1. The largest absolute Gasteiger partial charge is 0.351 e. The molecule has 0 saturated heterocycles. The summed E-state index contributed by atoms with van der Waals surface area (Å²) >= 11 is 4.63. The zero-order chi connectivity index (χ0) is 12.8. The van der Waals surface area contributed by atoms with Crippen LogP contribution in [0.25, 0.3) is 0 Å². The van der Waals surface area contributed by atoms with Crippen molar-refractivity contribution in [1.29, 1.82) is 0 Å². The van der Waals surface area contributed by atoms with Crippen LogP contribution in [0.15, 0.2) is 10.1 Å². The van der Waals surface area contributed by atoms with E-state index < -0.39 is 0 Å². The Morgan fingerprint density at radius 2 is 2.22 bits per heavy atom. The van der Waals surface area contributed by atoms with E-state index in [-0.39, 0.29) is 5.91 Å². The van der Waals surface area contributed by atoms with Crippen molar-refractivity contribution in [3.05, 3.63) is 15.0 Å². The Morgan fingerprint density at radius 3 is 2.89 bits per heavy atom. The average molecular weight is 331 g/mol. The second-order valence-corrected chi connectivity index (χ2v) is 7.19. The van der Waals surface area contributed by atoms with Gasteiger partial charge in [0.05, 0.1) is 6.20 Å². The first-order valence-corrected chi connectivity index (χ1v) is 8.26. The minimum atomic E-state index is -0.000864. The summed E-state index contributed by atoms with van der Waals surface area (Å²) in [7, 11) is 0. The zero-order valence-corrected chi connectivity index (χ0v) is 12.9. The summed E-state index contributed by atoms with van der Waals surface area (Å²) in [5, 5.41) is 2.95. The summed E-state index contributed by atoms with van der Waals surface area (Å²) in [5.41, 5.74) is 0. The molecule has 0 unspecified atom stereocenters. The van der Waals surface area contributed by atoms with Crippen LogP contribution < -0.4 is 5.32 Å². The summed E-state index contributed by atoms with van der Waals surface area (Å²) < 4.78 is 0.758. The molecule has 0 aromatic carbocycles. The van der Waals surface area contributed by atoms with Crippen LogP contribution in [0.5, 0.6) is 0 Å². The van der Waals surface area contributed by atoms with E-state index in [1.807, 2.05) is 0 Å². The highest BCUT2D eigenvalue weighted by Crippen LogP contribution is 2.28. The van der Waals surface area contributed by atoms with Gasteiger partial charge in [0, 0.05) is 6.54 Å². The van der Waals surface area contributed by atoms with Crippen molar-refractivity contribution < 1.29 is 4.79 Å². The summed E-state index contributed by atoms with van der Waals surface area (Å²) in [5.74, 6) is 0.956. The van der Waals surface area contributed by atoms with Gasteiger partial charge in [-0.3, -0.25) is 4.79 Å². The molecule has 0 bridgehead atoms. The van der Waals surface area contributed by atoms with E-state index in [1.54, 1.807) is 6.20 Å². The van der Waals surface area contributed by atoms with Crippen LogP contribution in [0, 0.1) is 5.92 Å². The van der Waals surface area contributed by atoms with Gasteiger partial charge in [0.15, 0.2) is 3.92 Å². The number of unbranched alkanes of at least 4 members (excludes halogenated alkanes) is 1. The van der Waals surface area contributed by atoms with E-state index in [9.17, 15) is 4.79 Å². The topological polar surface area (TPSA) is 42.0 Å². The molecule has 1 aliphatic carbocycles. The van der Waals surface area contributed by atoms with Crippen molar-refractivity contribution in [2.75, 3.05) is 6.54 Å². The van der Waals surface area contributed by atoms with Crippen LogP contribution in [-0.2, 0) is 0 Å². The van der Waals surface area contributed by atoms with Gasteiger partial charge in [-0.05, 0) is 28.3 Å². The molecular formula is C13H19BrN2OS. The second kappa shape index (κ2) is 7.24. The highest BCUT2D eigenvalue weighted by Gasteiger charge is 2.14. The standard InChI is InChI=1S/C13H19BrN2OS/c14-13-16-9-11(18-13)12(17)15-8-4-3-7-10-5-1-2-6-10/h9-10H,1-8H2,(H,15,17). The number of nitrogens with zero attached hydrogens (tertiary/aromatic N) is 1. The molecule has 3 nitrogen and oxygen atoms in total. The maximum absolute atomic E-state index is 11.7. The quantitative estimate of drug-likeness (QED) is 0.801. The van der Waals surface area contributed by atoms with E-state index in [0.717, 1.165) is 22.8 Å². The first-order valence-electron chi connectivity index (χ1n) is 6.65. The lowest BCUT2D eigenvalue weighted by molar-refractivity contribution is 0.0956. The molecule has 5 heteroatoms. The van der Waals surface area contributed by atoms with Crippen molar-refractivity contribution in [3.8, 4) is 0 Å². The first-order chi connectivity index (χ1) is 8.75. The summed E-state index contributed by atoms with van der Waals surface area (Å²) in [6, 6.07) is 0. The van der Waals surface area contributed by atoms with Gasteiger partial charge in [0.2, 0.25) is 0 Å². The van der Waals surface area contributed by atoms with Crippen LogP contribution in [0.1, 0.15) is 54.6 Å². The number of carbonyl (C=O) groups excluding carboxylic acids is 1. The van der Waals surface area contributed by atoms with Crippen LogP contribution in [0.3, 0.4) is 0 Å². The van der Waals surface area contributed by atoms with Gasteiger partial charge >= 0.3 is 0 Å². The predicted molar refractivity (Wildman–Crippen MR) is 78.0 cm³/mol. The molecule has 1 fully saturated rings. The van der Waals surface area contributed by atoms with E-state index >= 15 is 0 Å². The number of hydrogen-bond donors (Lipinski definition) is 1. The lowest BCUT2D eigenvalue weighted by atomic mass is 10.0. The maximum Gasteiger partial charge on any atom is 0.263 e. The van der Waals surface area contributed by atoms with Crippen LogP contribution in [-0.4, -0.2) is 17.4 Å². The van der Waals surface area contributed by atoms with Crippen LogP contribution in [0.4, 0.5) is 0 Å². The highest BCUT2D eigenvalue weighted by molar-refractivity contribution is 9.11. The Kier molecular flexibility index (Phi) is 5.63. The van der Waals surface area contributed by atoms with Crippen molar-refractivity contribution in [3.63, 3.8) is 0 Å². The lowest BCUT2D eigenvalue weighted by Crippen LogP contribution is -2.23. The molecular weight excluding hydrogens is 312 g/mol. The number of hydrogen-bond acceptors (Lipinski definition) is 3. The van der Waals surface area contributed by atoms with Crippen molar-refractivity contribution in [2.24, 2.45) is 5.92 Å². The van der Waals surface area contributed by atoms with Crippen LogP contribution >= 0.6 is 27.3 Å². The monoisotopic (exact) mass is 330 g/mol. The number of nitrogens with one attached hydrogen (secondary N) is 1. The molecule has 100 valence electrons. The number of amides is 1. The Hall–Kier alpha value is -0.420. The molecule has 0 spiro atoms. The second-order valence-electron chi connectivity index (χ2n) is 4.88. The fourth-order valence-electron chi connectivity index (χ4n) is 2.50. The Morgan fingerprint density at radius 1 is 1.44 bits per heavy atom. The minimum absolute atomic E-state index is 0.000864. The molecule has 1 amide bonds. The average Bonchev–Trinajstić information content (AvgIpc) is 2.99. The molecule has 0 aliphatic heterocycles. The number of rotatable bonds is 6. The highest BCUT2D eigenvalue weighted by atomic mass is 79.9. The fraction of sp³-hybridized carbons (Fsp3) is 0.692. The SMILES string of the molecule is O=C(NCCCCC1CCCC1)c1cnc(Br)s1. The van der Waals surface area contributed by atoms with E-state index in [1.165, 1.54) is 49.9 Å². The molecule has 1 heterocycles. The number of carbonyl (C=O) groups is 1. The van der Waals surface area contributed by atoms with Gasteiger partial charge in [-0.2, -0.15) is 0 Å². The minimum Gasteiger partial charge on any atom is -0.351 e. The zero-order valence-electron chi connectivity index (χ0n) is 10.5. The summed E-state index contributed by atoms with van der Waals surface area (Å²) in [4.78, 5) is 16.4. The van der Waals surface area contributed by atoms with E-state index in [4.69, 9.17) is 0 Å². The van der Waals surface area contributed by atoms with Gasteiger partial charge in [0.25, 0.3) is 5.91 Å². The Balaban J connectivity index is 1.56.